The Morgan fingerprint density at radius 2 is 1.78 bits per heavy atom. The Kier molecular flexibility index (Phi) is 8.78. The minimum atomic E-state index is -0.148. The Morgan fingerprint density at radius 3 is 2.54 bits per heavy atom. The number of carbonyl (C=O) groups excluding carboxylic acids is 1. The molecule has 1 saturated heterocycles. The standard InChI is InChI=1S/C33H37N7O/c1-24-8-10-28(33(41)37-30-13-12-29(25(2)18-30)22-40-16-14-38(3)15-17-40)19-27(24)11-9-26-6-5-7-32(34-20-26)36-31-21-35-39(4)23-31/h6-8,10,12-13,18-21,23,36H,5,14-17,22H2,1-4H3,(H,37,41). The third kappa shape index (κ3) is 7.60. The molecule has 0 saturated carbocycles. The number of anilines is 2. The third-order valence-electron chi connectivity index (χ3n) is 7.40. The maximum absolute atomic E-state index is 13.1. The number of benzene rings is 2. The lowest BCUT2D eigenvalue weighted by Crippen LogP contribution is -2.43. The van der Waals surface area contributed by atoms with Crippen LogP contribution >= 0.6 is 0 Å². The molecule has 5 rings (SSSR count). The van der Waals surface area contributed by atoms with E-state index >= 15 is 0 Å². The lowest BCUT2D eigenvalue weighted by molar-refractivity contribution is 0.102. The highest BCUT2D eigenvalue weighted by Crippen LogP contribution is 2.20. The molecule has 2 aromatic carbocycles. The van der Waals surface area contributed by atoms with Gasteiger partial charge in [0.1, 0.15) is 5.82 Å². The van der Waals surface area contributed by atoms with Gasteiger partial charge in [-0.25, -0.2) is 4.99 Å². The third-order valence-corrected chi connectivity index (χ3v) is 7.40. The first-order valence-corrected chi connectivity index (χ1v) is 14.0. The van der Waals surface area contributed by atoms with Crippen LogP contribution in [0, 0.1) is 25.7 Å². The first-order valence-electron chi connectivity index (χ1n) is 14.0. The number of aromatic nitrogens is 2. The smallest absolute Gasteiger partial charge is 0.255 e. The lowest BCUT2D eigenvalue weighted by atomic mass is 10.0. The second-order valence-electron chi connectivity index (χ2n) is 10.7. The molecule has 0 radical (unpaired) electrons. The topological polar surface area (TPSA) is 77.8 Å². The number of nitrogens with one attached hydrogen (secondary N) is 2. The summed E-state index contributed by atoms with van der Waals surface area (Å²) >= 11 is 0. The van der Waals surface area contributed by atoms with E-state index in [2.05, 4.69) is 68.5 Å². The first-order chi connectivity index (χ1) is 19.8. The van der Waals surface area contributed by atoms with Crippen molar-refractivity contribution in [2.45, 2.75) is 26.8 Å². The van der Waals surface area contributed by atoms with Crippen molar-refractivity contribution in [3.8, 4) is 11.8 Å². The van der Waals surface area contributed by atoms with Gasteiger partial charge >= 0.3 is 0 Å². The van der Waals surface area contributed by atoms with Gasteiger partial charge in [-0.15, -0.1) is 0 Å². The summed E-state index contributed by atoms with van der Waals surface area (Å²) in [5.41, 5.74) is 7.39. The normalized spacial score (nSPS) is 15.8. The van der Waals surface area contributed by atoms with Crippen LogP contribution in [0.5, 0.6) is 0 Å². The number of hydrogen-bond donors (Lipinski definition) is 2. The number of carbonyl (C=O) groups is 1. The van der Waals surface area contributed by atoms with Gasteiger partial charge in [0.25, 0.3) is 5.91 Å². The number of likely N-dealkylation sites (N-methyl/N-ethyl adjacent to an activating group) is 1. The molecule has 41 heavy (non-hydrogen) atoms. The predicted octanol–water partition coefficient (Wildman–Crippen LogP) is 4.74. The van der Waals surface area contributed by atoms with E-state index < -0.39 is 0 Å². The molecule has 8 nitrogen and oxygen atoms in total. The molecule has 0 unspecified atom stereocenters. The van der Waals surface area contributed by atoms with E-state index in [-0.39, 0.29) is 5.91 Å². The van der Waals surface area contributed by atoms with Gasteiger partial charge in [-0.3, -0.25) is 14.4 Å². The fraction of sp³-hybridized carbons (Fsp3) is 0.303. The molecule has 2 aliphatic heterocycles. The molecule has 2 aliphatic rings. The van der Waals surface area contributed by atoms with Gasteiger partial charge in [-0.05, 0) is 74.3 Å². The summed E-state index contributed by atoms with van der Waals surface area (Å²) in [6.07, 6.45) is 10.2. The van der Waals surface area contributed by atoms with E-state index in [1.165, 1.54) is 11.1 Å². The minimum Gasteiger partial charge on any atom is -0.338 e. The van der Waals surface area contributed by atoms with Crippen molar-refractivity contribution in [3.05, 3.63) is 100 Å². The Hall–Kier alpha value is -4.45. The molecule has 2 N–H and O–H groups in total. The van der Waals surface area contributed by atoms with Crippen LogP contribution in [0.25, 0.3) is 0 Å². The fourth-order valence-corrected chi connectivity index (χ4v) is 4.78. The van der Waals surface area contributed by atoms with E-state index in [0.29, 0.717) is 12.0 Å². The minimum absolute atomic E-state index is 0.148. The number of hydrogen-bond acceptors (Lipinski definition) is 6. The zero-order valence-corrected chi connectivity index (χ0v) is 24.2. The highest BCUT2D eigenvalue weighted by molar-refractivity contribution is 6.04. The molecule has 3 aromatic rings. The average Bonchev–Trinajstić information content (AvgIpc) is 3.23. The second kappa shape index (κ2) is 12.8. The number of allylic oxidation sites excluding steroid dienone is 3. The van der Waals surface area contributed by atoms with Crippen molar-refractivity contribution in [2.24, 2.45) is 12.0 Å². The molecule has 1 amide bonds. The van der Waals surface area contributed by atoms with Crippen LogP contribution in [-0.4, -0.2) is 64.9 Å². The van der Waals surface area contributed by atoms with Crippen molar-refractivity contribution in [1.82, 2.24) is 19.6 Å². The molecule has 8 heteroatoms. The molecule has 0 aliphatic carbocycles. The summed E-state index contributed by atoms with van der Waals surface area (Å²) in [4.78, 5) is 22.5. The molecular weight excluding hydrogens is 510 g/mol. The quantitative estimate of drug-likeness (QED) is 0.436. The Morgan fingerprint density at radius 1 is 0.951 bits per heavy atom. The summed E-state index contributed by atoms with van der Waals surface area (Å²) in [6, 6.07) is 11.8. The molecule has 0 atom stereocenters. The van der Waals surface area contributed by atoms with Gasteiger partial charge in [0.05, 0.1) is 11.9 Å². The lowest BCUT2D eigenvalue weighted by Gasteiger charge is -2.32. The van der Waals surface area contributed by atoms with Crippen LogP contribution in [-0.2, 0) is 13.6 Å². The van der Waals surface area contributed by atoms with Crippen molar-refractivity contribution in [1.29, 1.82) is 0 Å². The maximum atomic E-state index is 13.1. The SMILES string of the molecule is Cc1ccc(C(=O)Nc2ccc(CN3CCN(C)CC3)c(C)c2)cc1C#CC1=CCC=C(Nc2cnn(C)c2)N=C1. The highest BCUT2D eigenvalue weighted by atomic mass is 16.1. The van der Waals surface area contributed by atoms with Crippen LogP contribution in [0.3, 0.4) is 0 Å². The van der Waals surface area contributed by atoms with Crippen molar-refractivity contribution in [3.63, 3.8) is 0 Å². The number of amides is 1. The zero-order valence-electron chi connectivity index (χ0n) is 24.2. The number of piperazine rings is 1. The number of nitrogens with zero attached hydrogens (tertiary/aromatic N) is 5. The van der Waals surface area contributed by atoms with Crippen molar-refractivity contribution in [2.75, 3.05) is 43.9 Å². The van der Waals surface area contributed by atoms with Gasteiger partial charge in [0.15, 0.2) is 0 Å². The van der Waals surface area contributed by atoms with Crippen molar-refractivity contribution >= 4 is 23.5 Å². The van der Waals surface area contributed by atoms with E-state index in [1.807, 2.05) is 56.6 Å². The summed E-state index contributed by atoms with van der Waals surface area (Å²) < 4.78 is 1.74. The predicted molar refractivity (Wildman–Crippen MR) is 166 cm³/mol. The summed E-state index contributed by atoms with van der Waals surface area (Å²) in [6.45, 7) is 9.42. The van der Waals surface area contributed by atoms with Gasteiger partial charge in [-0.2, -0.15) is 5.10 Å². The van der Waals surface area contributed by atoms with Crippen LogP contribution < -0.4 is 10.6 Å². The van der Waals surface area contributed by atoms with Gasteiger partial charge in [0, 0.05) is 74.6 Å². The summed E-state index contributed by atoms with van der Waals surface area (Å²) in [5.74, 6) is 7.06. The zero-order chi connectivity index (χ0) is 28.8. The monoisotopic (exact) mass is 547 g/mol. The summed E-state index contributed by atoms with van der Waals surface area (Å²) in [5, 5.41) is 10.5. The molecular formula is C33H37N7O. The fourth-order valence-electron chi connectivity index (χ4n) is 4.78. The summed E-state index contributed by atoms with van der Waals surface area (Å²) in [7, 11) is 4.05. The maximum Gasteiger partial charge on any atom is 0.255 e. The highest BCUT2D eigenvalue weighted by Gasteiger charge is 2.15. The first kappa shape index (κ1) is 28.1. The van der Waals surface area contributed by atoms with Crippen LogP contribution in [0.2, 0.25) is 0 Å². The van der Waals surface area contributed by atoms with Gasteiger partial charge in [-0.1, -0.05) is 30.0 Å². The molecule has 0 bridgehead atoms. The Labute approximate surface area is 242 Å². The molecule has 1 fully saturated rings. The van der Waals surface area contributed by atoms with E-state index in [4.69, 9.17) is 0 Å². The average molecular weight is 548 g/mol. The van der Waals surface area contributed by atoms with E-state index in [1.54, 1.807) is 17.1 Å². The van der Waals surface area contributed by atoms with E-state index in [0.717, 1.165) is 66.6 Å². The van der Waals surface area contributed by atoms with Gasteiger partial charge in [0.2, 0.25) is 0 Å². The number of aliphatic imine (C=N–C) groups is 1. The number of rotatable bonds is 6. The molecule has 0 spiro atoms. The Bertz CT molecular complexity index is 1580. The van der Waals surface area contributed by atoms with Crippen molar-refractivity contribution < 1.29 is 4.79 Å². The second-order valence-corrected chi connectivity index (χ2v) is 10.7. The van der Waals surface area contributed by atoms with E-state index in [9.17, 15) is 4.79 Å². The van der Waals surface area contributed by atoms with Gasteiger partial charge < -0.3 is 15.5 Å². The molecule has 1 aromatic heterocycles. The Balaban J connectivity index is 1.21. The van der Waals surface area contributed by atoms with Crippen LogP contribution in [0.1, 0.15) is 39.0 Å². The molecule has 210 valence electrons. The van der Waals surface area contributed by atoms with Crippen LogP contribution in [0.4, 0.5) is 11.4 Å². The molecule has 3 heterocycles. The number of aryl methyl sites for hydroxylation is 3. The largest absolute Gasteiger partial charge is 0.338 e. The van der Waals surface area contributed by atoms with Crippen LogP contribution in [0.15, 0.2) is 77.3 Å².